The number of benzene rings is 1. The molecule has 1 aliphatic heterocycles. The molecule has 1 fully saturated rings. The molecule has 0 radical (unpaired) electrons. The van der Waals surface area contributed by atoms with Crippen molar-refractivity contribution in [1.29, 1.82) is 0 Å². The van der Waals surface area contributed by atoms with Crippen LogP contribution in [-0.4, -0.2) is 46.0 Å². The number of likely N-dealkylation sites (tertiary alicyclic amines) is 1. The summed E-state index contributed by atoms with van der Waals surface area (Å²) in [5.41, 5.74) is 5.63. The van der Waals surface area contributed by atoms with E-state index in [1.807, 2.05) is 18.0 Å². The number of aryl methyl sites for hydroxylation is 1. The quantitative estimate of drug-likeness (QED) is 0.892. The van der Waals surface area contributed by atoms with Gasteiger partial charge in [-0.05, 0) is 38.0 Å². The molecule has 2 amide bonds. The van der Waals surface area contributed by atoms with Crippen LogP contribution < -0.4 is 10.5 Å². The van der Waals surface area contributed by atoms with Gasteiger partial charge in [0.25, 0.3) is 11.8 Å². The highest BCUT2D eigenvalue weighted by molar-refractivity contribution is 5.94. The van der Waals surface area contributed by atoms with E-state index in [0.717, 1.165) is 25.2 Å². The second kappa shape index (κ2) is 7.38. The van der Waals surface area contributed by atoms with E-state index in [-0.39, 0.29) is 18.6 Å². The highest BCUT2D eigenvalue weighted by Gasteiger charge is 2.26. The van der Waals surface area contributed by atoms with Crippen molar-refractivity contribution in [2.75, 3.05) is 19.7 Å². The van der Waals surface area contributed by atoms with E-state index in [2.05, 4.69) is 9.55 Å². The zero-order chi connectivity index (χ0) is 17.8. The Balaban J connectivity index is 1.71. The summed E-state index contributed by atoms with van der Waals surface area (Å²) in [6.07, 6.45) is 5.73. The number of piperidine rings is 1. The third-order valence-electron chi connectivity index (χ3n) is 4.40. The predicted molar refractivity (Wildman–Crippen MR) is 92.3 cm³/mol. The van der Waals surface area contributed by atoms with Crippen LogP contribution in [0.3, 0.4) is 0 Å². The van der Waals surface area contributed by atoms with Crippen molar-refractivity contribution in [1.82, 2.24) is 14.5 Å². The SMILES string of the molecule is Cc1nccn1[C@H]1CCCN(C(=O)c2cccc(OCC(N)=O)c2)C1. The summed E-state index contributed by atoms with van der Waals surface area (Å²) in [4.78, 5) is 29.8. The number of amides is 2. The van der Waals surface area contributed by atoms with Crippen LogP contribution in [0.4, 0.5) is 0 Å². The van der Waals surface area contributed by atoms with Gasteiger partial charge in [-0.3, -0.25) is 9.59 Å². The molecule has 0 saturated carbocycles. The topological polar surface area (TPSA) is 90.4 Å². The average molecular weight is 342 g/mol. The van der Waals surface area contributed by atoms with Crippen molar-refractivity contribution < 1.29 is 14.3 Å². The highest BCUT2D eigenvalue weighted by atomic mass is 16.5. The van der Waals surface area contributed by atoms with Gasteiger partial charge in [-0.2, -0.15) is 0 Å². The van der Waals surface area contributed by atoms with Gasteiger partial charge in [-0.1, -0.05) is 6.07 Å². The Morgan fingerprint density at radius 3 is 2.96 bits per heavy atom. The minimum absolute atomic E-state index is 0.0352. The van der Waals surface area contributed by atoms with Crippen molar-refractivity contribution in [3.8, 4) is 5.75 Å². The lowest BCUT2D eigenvalue weighted by Gasteiger charge is -2.34. The lowest BCUT2D eigenvalue weighted by atomic mass is 10.0. The molecule has 1 saturated heterocycles. The molecule has 7 nitrogen and oxygen atoms in total. The van der Waals surface area contributed by atoms with Crippen LogP contribution in [0.2, 0.25) is 0 Å². The molecular formula is C18H22N4O3. The molecule has 2 heterocycles. The summed E-state index contributed by atoms with van der Waals surface area (Å²) < 4.78 is 7.41. The fourth-order valence-electron chi connectivity index (χ4n) is 3.20. The summed E-state index contributed by atoms with van der Waals surface area (Å²) in [5.74, 6) is 0.836. The van der Waals surface area contributed by atoms with E-state index < -0.39 is 5.91 Å². The number of imidazole rings is 1. The lowest BCUT2D eigenvalue weighted by molar-refractivity contribution is -0.119. The number of carbonyl (C=O) groups is 2. The fraction of sp³-hybridized carbons (Fsp3) is 0.389. The molecule has 1 aliphatic rings. The van der Waals surface area contributed by atoms with Gasteiger partial charge in [-0.15, -0.1) is 0 Å². The van der Waals surface area contributed by atoms with E-state index >= 15 is 0 Å². The van der Waals surface area contributed by atoms with E-state index in [1.54, 1.807) is 30.5 Å². The molecule has 2 aromatic rings. The van der Waals surface area contributed by atoms with Crippen LogP contribution in [0.15, 0.2) is 36.7 Å². The monoisotopic (exact) mass is 342 g/mol. The maximum absolute atomic E-state index is 12.8. The van der Waals surface area contributed by atoms with Gasteiger partial charge in [0.05, 0.1) is 6.04 Å². The molecule has 0 bridgehead atoms. The van der Waals surface area contributed by atoms with Crippen molar-refractivity contribution in [2.45, 2.75) is 25.8 Å². The molecule has 25 heavy (non-hydrogen) atoms. The van der Waals surface area contributed by atoms with Gasteiger partial charge in [0, 0.05) is 31.0 Å². The normalized spacial score (nSPS) is 17.3. The van der Waals surface area contributed by atoms with Crippen molar-refractivity contribution in [3.63, 3.8) is 0 Å². The summed E-state index contributed by atoms with van der Waals surface area (Å²) in [5, 5.41) is 0. The predicted octanol–water partition coefficient (Wildman–Crippen LogP) is 1.53. The van der Waals surface area contributed by atoms with Crippen LogP contribution in [0.1, 0.15) is 35.1 Å². The van der Waals surface area contributed by atoms with Crippen molar-refractivity contribution in [2.24, 2.45) is 5.73 Å². The van der Waals surface area contributed by atoms with Crippen LogP contribution in [-0.2, 0) is 4.79 Å². The molecular weight excluding hydrogens is 320 g/mol. The van der Waals surface area contributed by atoms with E-state index in [9.17, 15) is 9.59 Å². The van der Waals surface area contributed by atoms with Gasteiger partial charge in [0.1, 0.15) is 11.6 Å². The number of rotatable bonds is 5. The highest BCUT2D eigenvalue weighted by Crippen LogP contribution is 2.24. The van der Waals surface area contributed by atoms with Gasteiger partial charge in [0.2, 0.25) is 0 Å². The summed E-state index contributed by atoms with van der Waals surface area (Å²) in [7, 11) is 0. The standard InChI is InChI=1S/C18H22N4O3/c1-13-20-7-9-22(13)15-5-3-8-21(11-15)18(24)14-4-2-6-16(10-14)25-12-17(19)23/h2,4,6-7,9-10,15H,3,5,8,11-12H2,1H3,(H2,19,23)/t15-/m0/s1. The first-order chi connectivity index (χ1) is 12.0. The lowest BCUT2D eigenvalue weighted by Crippen LogP contribution is -2.40. The van der Waals surface area contributed by atoms with E-state index in [4.69, 9.17) is 10.5 Å². The molecule has 0 spiro atoms. The molecule has 132 valence electrons. The van der Waals surface area contributed by atoms with Crippen LogP contribution in [0.25, 0.3) is 0 Å². The maximum atomic E-state index is 12.8. The number of carbonyl (C=O) groups excluding carboxylic acids is 2. The summed E-state index contributed by atoms with van der Waals surface area (Å²) >= 11 is 0. The molecule has 1 atom stereocenters. The Kier molecular flexibility index (Phi) is 5.02. The van der Waals surface area contributed by atoms with Crippen LogP contribution in [0.5, 0.6) is 5.75 Å². The van der Waals surface area contributed by atoms with E-state index in [0.29, 0.717) is 17.9 Å². The Labute approximate surface area is 146 Å². The zero-order valence-electron chi connectivity index (χ0n) is 14.2. The first-order valence-corrected chi connectivity index (χ1v) is 8.34. The molecule has 1 aromatic heterocycles. The molecule has 7 heteroatoms. The largest absolute Gasteiger partial charge is 0.484 e. The third kappa shape index (κ3) is 3.99. The Morgan fingerprint density at radius 2 is 2.24 bits per heavy atom. The minimum atomic E-state index is -0.550. The number of primary amides is 1. The summed E-state index contributed by atoms with van der Waals surface area (Å²) in [6.45, 7) is 3.15. The summed E-state index contributed by atoms with van der Waals surface area (Å²) in [6, 6.07) is 7.09. The van der Waals surface area contributed by atoms with Crippen LogP contribution >= 0.6 is 0 Å². The number of nitrogens with two attached hydrogens (primary N) is 1. The van der Waals surface area contributed by atoms with Crippen molar-refractivity contribution >= 4 is 11.8 Å². The number of ether oxygens (including phenoxy) is 1. The minimum Gasteiger partial charge on any atom is -0.484 e. The first kappa shape index (κ1) is 17.0. The number of hydrogen-bond acceptors (Lipinski definition) is 4. The Hall–Kier alpha value is -2.83. The smallest absolute Gasteiger partial charge is 0.255 e. The van der Waals surface area contributed by atoms with Gasteiger partial charge < -0.3 is 19.9 Å². The fourth-order valence-corrected chi connectivity index (χ4v) is 3.20. The van der Waals surface area contributed by atoms with Gasteiger partial charge in [-0.25, -0.2) is 4.98 Å². The molecule has 0 aliphatic carbocycles. The number of nitrogens with zero attached hydrogens (tertiary/aromatic N) is 3. The van der Waals surface area contributed by atoms with Gasteiger partial charge >= 0.3 is 0 Å². The molecule has 2 N–H and O–H groups in total. The first-order valence-electron chi connectivity index (χ1n) is 8.34. The second-order valence-corrected chi connectivity index (χ2v) is 6.21. The zero-order valence-corrected chi connectivity index (χ0v) is 14.2. The molecule has 0 unspecified atom stereocenters. The number of hydrogen-bond donors (Lipinski definition) is 1. The second-order valence-electron chi connectivity index (χ2n) is 6.21. The van der Waals surface area contributed by atoms with Crippen LogP contribution in [0, 0.1) is 6.92 Å². The van der Waals surface area contributed by atoms with E-state index in [1.165, 1.54) is 0 Å². The number of aromatic nitrogens is 2. The van der Waals surface area contributed by atoms with Crippen molar-refractivity contribution in [3.05, 3.63) is 48.0 Å². The average Bonchev–Trinajstić information content (AvgIpc) is 3.05. The molecule has 3 rings (SSSR count). The van der Waals surface area contributed by atoms with Gasteiger partial charge in [0.15, 0.2) is 6.61 Å². The third-order valence-corrected chi connectivity index (χ3v) is 4.40. The Morgan fingerprint density at radius 1 is 1.40 bits per heavy atom. The molecule has 1 aromatic carbocycles. The Bertz CT molecular complexity index is 771. The maximum Gasteiger partial charge on any atom is 0.255 e.